The molecule has 0 aromatic heterocycles. The van der Waals surface area contributed by atoms with Crippen LogP contribution in [0, 0.1) is 5.92 Å². The van der Waals surface area contributed by atoms with Gasteiger partial charge in [-0.2, -0.15) is 0 Å². The van der Waals surface area contributed by atoms with Gasteiger partial charge >= 0.3 is 0 Å². The van der Waals surface area contributed by atoms with Gasteiger partial charge in [0.15, 0.2) is 11.5 Å². The zero-order chi connectivity index (χ0) is 24.7. The number of methoxy groups -OCH3 is 3. The first kappa shape index (κ1) is 25.4. The summed E-state index contributed by atoms with van der Waals surface area (Å²) in [5.41, 5.74) is 1.77. The third-order valence-corrected chi connectivity index (χ3v) is 6.38. The molecule has 0 radical (unpaired) electrons. The van der Waals surface area contributed by atoms with Crippen LogP contribution < -0.4 is 24.4 Å². The van der Waals surface area contributed by atoms with E-state index in [-0.39, 0.29) is 24.3 Å². The predicted octanol–water partition coefficient (Wildman–Crippen LogP) is 3.26. The highest BCUT2D eigenvalue weighted by atomic mass is 16.5. The van der Waals surface area contributed by atoms with Crippen LogP contribution in [0.15, 0.2) is 42.5 Å². The quantitative estimate of drug-likeness (QED) is 0.544. The molecule has 0 spiro atoms. The number of benzene rings is 2. The molecule has 8 nitrogen and oxygen atoms in total. The maximum Gasteiger partial charge on any atom is 0.227 e. The van der Waals surface area contributed by atoms with Crippen molar-refractivity contribution in [3.05, 3.63) is 48.0 Å². The summed E-state index contributed by atoms with van der Waals surface area (Å²) in [5, 5.41) is 3.10. The lowest BCUT2D eigenvalue weighted by Gasteiger charge is -2.30. The molecule has 2 atom stereocenters. The fourth-order valence-corrected chi connectivity index (χ4v) is 4.44. The minimum Gasteiger partial charge on any atom is -0.497 e. The molecular formula is C26H35N3O5. The molecule has 2 amide bonds. The normalized spacial score (nSPS) is 16.5. The first-order chi connectivity index (χ1) is 16.4. The predicted molar refractivity (Wildman–Crippen MR) is 132 cm³/mol. The molecule has 0 aliphatic carbocycles. The zero-order valence-corrected chi connectivity index (χ0v) is 20.7. The van der Waals surface area contributed by atoms with E-state index in [1.807, 2.05) is 18.2 Å². The Morgan fingerprint density at radius 1 is 1.06 bits per heavy atom. The average Bonchev–Trinajstić information content (AvgIpc) is 3.27. The van der Waals surface area contributed by atoms with Crippen LogP contribution in [0.25, 0.3) is 0 Å². The largest absolute Gasteiger partial charge is 0.497 e. The Labute approximate surface area is 201 Å². The standard InChI is InChI=1S/C26H35N3O5/c1-6-28(7-2)22(18-9-8-10-21(13-18)32-3)16-27-26(31)19-14-25(30)29(17-19)20-11-12-23(33-4)24(15-20)34-5/h8-13,15,19,22H,6-7,14,16-17H2,1-5H3,(H,27,31). The van der Waals surface area contributed by atoms with Gasteiger partial charge in [0.1, 0.15) is 5.75 Å². The van der Waals surface area contributed by atoms with E-state index < -0.39 is 5.92 Å². The Balaban J connectivity index is 1.70. The van der Waals surface area contributed by atoms with Crippen molar-refractivity contribution >= 4 is 17.5 Å². The van der Waals surface area contributed by atoms with Crippen molar-refractivity contribution < 1.29 is 23.8 Å². The maximum atomic E-state index is 13.1. The lowest BCUT2D eigenvalue weighted by atomic mass is 10.0. The van der Waals surface area contributed by atoms with Crippen molar-refractivity contribution in [2.75, 3.05) is 52.4 Å². The number of hydrogen-bond donors (Lipinski definition) is 1. The van der Waals surface area contributed by atoms with Crippen LogP contribution in [-0.4, -0.2) is 64.2 Å². The number of carbonyl (C=O) groups excluding carboxylic acids is 2. The molecule has 1 N–H and O–H groups in total. The van der Waals surface area contributed by atoms with Crippen molar-refractivity contribution in [3.8, 4) is 17.2 Å². The molecule has 1 heterocycles. The molecule has 2 unspecified atom stereocenters. The fraction of sp³-hybridized carbons (Fsp3) is 0.462. The van der Waals surface area contributed by atoms with Gasteiger partial charge in [0.25, 0.3) is 0 Å². The summed E-state index contributed by atoms with van der Waals surface area (Å²) in [5.74, 6) is 1.31. The Kier molecular flexibility index (Phi) is 8.76. The number of nitrogens with zero attached hydrogens (tertiary/aromatic N) is 2. The van der Waals surface area contributed by atoms with E-state index in [0.29, 0.717) is 30.3 Å². The van der Waals surface area contributed by atoms with Gasteiger partial charge in [-0.05, 0) is 42.9 Å². The second kappa shape index (κ2) is 11.7. The smallest absolute Gasteiger partial charge is 0.227 e. The van der Waals surface area contributed by atoms with E-state index in [0.717, 1.165) is 24.4 Å². The van der Waals surface area contributed by atoms with Gasteiger partial charge in [-0.15, -0.1) is 0 Å². The van der Waals surface area contributed by atoms with Crippen LogP contribution in [0.1, 0.15) is 31.9 Å². The van der Waals surface area contributed by atoms with E-state index in [1.165, 1.54) is 0 Å². The molecule has 1 aliphatic heterocycles. The van der Waals surface area contributed by atoms with Gasteiger partial charge in [0.2, 0.25) is 11.8 Å². The summed E-state index contributed by atoms with van der Waals surface area (Å²) < 4.78 is 16.0. The molecule has 0 saturated carbocycles. The summed E-state index contributed by atoms with van der Waals surface area (Å²) in [6.07, 6.45) is 0.176. The first-order valence-corrected chi connectivity index (χ1v) is 11.6. The highest BCUT2D eigenvalue weighted by Crippen LogP contribution is 2.34. The zero-order valence-electron chi connectivity index (χ0n) is 20.7. The molecule has 1 fully saturated rings. The summed E-state index contributed by atoms with van der Waals surface area (Å²) >= 11 is 0. The molecule has 0 bridgehead atoms. The van der Waals surface area contributed by atoms with Gasteiger partial charge in [-0.3, -0.25) is 14.5 Å². The molecule has 8 heteroatoms. The highest BCUT2D eigenvalue weighted by molar-refractivity contribution is 6.00. The van der Waals surface area contributed by atoms with Gasteiger partial charge in [-0.1, -0.05) is 26.0 Å². The van der Waals surface area contributed by atoms with E-state index in [1.54, 1.807) is 44.4 Å². The highest BCUT2D eigenvalue weighted by Gasteiger charge is 2.36. The second-order valence-electron chi connectivity index (χ2n) is 8.20. The Hall–Kier alpha value is -3.26. The lowest BCUT2D eigenvalue weighted by Crippen LogP contribution is -2.40. The number of ether oxygens (including phenoxy) is 3. The number of hydrogen-bond acceptors (Lipinski definition) is 6. The number of anilines is 1. The number of amides is 2. The topological polar surface area (TPSA) is 80.3 Å². The Morgan fingerprint density at radius 2 is 1.79 bits per heavy atom. The summed E-state index contributed by atoms with van der Waals surface area (Å²) in [4.78, 5) is 29.7. The van der Waals surface area contributed by atoms with Crippen molar-refractivity contribution in [1.29, 1.82) is 0 Å². The molecular weight excluding hydrogens is 434 g/mol. The third-order valence-electron chi connectivity index (χ3n) is 6.38. The molecule has 3 rings (SSSR count). The van der Waals surface area contributed by atoms with Crippen LogP contribution in [0.5, 0.6) is 17.2 Å². The molecule has 34 heavy (non-hydrogen) atoms. The van der Waals surface area contributed by atoms with Crippen LogP contribution in [0.3, 0.4) is 0 Å². The molecule has 1 saturated heterocycles. The minimum absolute atomic E-state index is 0.00751. The summed E-state index contributed by atoms with van der Waals surface area (Å²) in [7, 11) is 4.77. The van der Waals surface area contributed by atoms with E-state index in [4.69, 9.17) is 14.2 Å². The van der Waals surface area contributed by atoms with Crippen LogP contribution >= 0.6 is 0 Å². The van der Waals surface area contributed by atoms with Gasteiger partial charge < -0.3 is 24.4 Å². The second-order valence-corrected chi connectivity index (χ2v) is 8.20. The minimum atomic E-state index is -0.414. The number of likely N-dealkylation sites (N-methyl/N-ethyl adjacent to an activating group) is 1. The maximum absolute atomic E-state index is 13.1. The molecule has 184 valence electrons. The summed E-state index contributed by atoms with van der Waals surface area (Å²) in [6.45, 7) is 6.70. The van der Waals surface area contributed by atoms with Crippen LogP contribution in [-0.2, 0) is 9.59 Å². The SMILES string of the molecule is CCN(CC)C(CNC(=O)C1CC(=O)N(c2ccc(OC)c(OC)c2)C1)c1cccc(OC)c1. The Morgan fingerprint density at radius 3 is 2.44 bits per heavy atom. The van der Waals surface area contributed by atoms with Crippen molar-refractivity contribution in [1.82, 2.24) is 10.2 Å². The number of carbonyl (C=O) groups is 2. The average molecular weight is 470 g/mol. The molecule has 2 aromatic rings. The number of rotatable bonds is 11. The monoisotopic (exact) mass is 469 g/mol. The first-order valence-electron chi connectivity index (χ1n) is 11.6. The lowest BCUT2D eigenvalue weighted by molar-refractivity contribution is -0.126. The van der Waals surface area contributed by atoms with Crippen LogP contribution in [0.4, 0.5) is 5.69 Å². The Bertz CT molecular complexity index is 992. The van der Waals surface area contributed by atoms with E-state index >= 15 is 0 Å². The van der Waals surface area contributed by atoms with Crippen molar-refractivity contribution in [2.45, 2.75) is 26.3 Å². The third kappa shape index (κ3) is 5.62. The van der Waals surface area contributed by atoms with Gasteiger partial charge in [-0.25, -0.2) is 0 Å². The van der Waals surface area contributed by atoms with Gasteiger partial charge in [0, 0.05) is 31.3 Å². The van der Waals surface area contributed by atoms with Crippen molar-refractivity contribution in [2.24, 2.45) is 5.92 Å². The summed E-state index contributed by atoms with van der Waals surface area (Å²) in [6, 6.07) is 13.3. The van der Waals surface area contributed by atoms with Gasteiger partial charge in [0.05, 0.1) is 33.3 Å². The fourth-order valence-electron chi connectivity index (χ4n) is 4.44. The molecule has 2 aromatic carbocycles. The molecule has 1 aliphatic rings. The number of nitrogens with one attached hydrogen (secondary N) is 1. The van der Waals surface area contributed by atoms with Crippen LogP contribution in [0.2, 0.25) is 0 Å². The van der Waals surface area contributed by atoms with E-state index in [2.05, 4.69) is 30.1 Å². The van der Waals surface area contributed by atoms with E-state index in [9.17, 15) is 9.59 Å². The van der Waals surface area contributed by atoms with Crippen molar-refractivity contribution in [3.63, 3.8) is 0 Å².